The van der Waals surface area contributed by atoms with Crippen LogP contribution in [0, 0.1) is 6.92 Å². The van der Waals surface area contributed by atoms with Crippen molar-refractivity contribution in [3.05, 3.63) is 29.0 Å². The molecule has 10 nitrogen and oxygen atoms in total. The minimum absolute atomic E-state index is 0.120. The lowest BCUT2D eigenvalue weighted by Gasteiger charge is -2.21. The standard InChI is InChI=1S/C19H25N5O5S3/c1-3-13(15-7-6-11(2)29-15)20-17-18(23-31-22-17)21-14-10-30-19(16(14)26)32(27,28)24-8-4-5-12(24)9-25/h6-7,10,12-13,25-26H,3-5,8-9H2,1-2H3,(H,20,22)(H,21,23)/t12?,13-/m1/s1. The number of aryl methyl sites for hydroxylation is 1. The molecular formula is C19H25N5O5S3. The number of rotatable bonds is 9. The van der Waals surface area contributed by atoms with E-state index in [1.54, 1.807) is 0 Å². The van der Waals surface area contributed by atoms with Gasteiger partial charge in [-0.2, -0.15) is 13.1 Å². The third-order valence-electron chi connectivity index (χ3n) is 5.37. The molecule has 4 N–H and O–H groups in total. The van der Waals surface area contributed by atoms with Crippen LogP contribution < -0.4 is 10.6 Å². The highest BCUT2D eigenvalue weighted by atomic mass is 32.2. The number of aliphatic hydroxyl groups excluding tert-OH is 1. The van der Waals surface area contributed by atoms with E-state index in [-0.39, 0.29) is 28.3 Å². The number of hydrogen-bond donors (Lipinski definition) is 4. The Labute approximate surface area is 194 Å². The highest BCUT2D eigenvalue weighted by Gasteiger charge is 2.38. The number of anilines is 3. The number of sulfonamides is 1. The van der Waals surface area contributed by atoms with Gasteiger partial charge in [-0.05, 0) is 38.3 Å². The maximum atomic E-state index is 13.0. The predicted octanol–water partition coefficient (Wildman–Crippen LogP) is 3.66. The molecule has 1 aliphatic heterocycles. The van der Waals surface area contributed by atoms with E-state index in [1.807, 2.05) is 26.0 Å². The van der Waals surface area contributed by atoms with Crippen LogP contribution in [0.15, 0.2) is 26.1 Å². The van der Waals surface area contributed by atoms with E-state index in [2.05, 4.69) is 19.4 Å². The van der Waals surface area contributed by atoms with Crippen LogP contribution in [0.1, 0.15) is 43.7 Å². The molecule has 0 spiro atoms. The Kier molecular flexibility index (Phi) is 6.72. The molecule has 0 aliphatic carbocycles. The fourth-order valence-electron chi connectivity index (χ4n) is 3.69. The number of nitrogens with zero attached hydrogens (tertiary/aromatic N) is 3. The first kappa shape index (κ1) is 23.0. The molecule has 3 aromatic rings. The number of aromatic hydroxyl groups is 1. The van der Waals surface area contributed by atoms with Gasteiger partial charge in [0.2, 0.25) is 0 Å². The van der Waals surface area contributed by atoms with Gasteiger partial charge < -0.3 is 25.3 Å². The summed E-state index contributed by atoms with van der Waals surface area (Å²) in [6.45, 7) is 3.97. The molecule has 32 heavy (non-hydrogen) atoms. The molecule has 174 valence electrons. The Balaban J connectivity index is 1.54. The van der Waals surface area contributed by atoms with Crippen molar-refractivity contribution in [1.29, 1.82) is 0 Å². The summed E-state index contributed by atoms with van der Waals surface area (Å²) >= 11 is 1.92. The molecule has 0 amide bonds. The molecule has 0 saturated carbocycles. The van der Waals surface area contributed by atoms with E-state index in [1.165, 1.54) is 9.69 Å². The summed E-state index contributed by atoms with van der Waals surface area (Å²) in [5.41, 5.74) is 0.228. The summed E-state index contributed by atoms with van der Waals surface area (Å²) in [6.07, 6.45) is 2.02. The molecule has 0 aromatic carbocycles. The van der Waals surface area contributed by atoms with E-state index in [9.17, 15) is 18.6 Å². The average molecular weight is 500 g/mol. The van der Waals surface area contributed by atoms with Crippen LogP contribution in [0.3, 0.4) is 0 Å². The van der Waals surface area contributed by atoms with Gasteiger partial charge in [0.05, 0.1) is 30.1 Å². The van der Waals surface area contributed by atoms with E-state index in [0.29, 0.717) is 31.0 Å². The number of nitrogens with one attached hydrogen (secondary N) is 2. The summed E-state index contributed by atoms with van der Waals surface area (Å²) in [7, 11) is -3.92. The Bertz CT molecular complexity index is 1170. The van der Waals surface area contributed by atoms with Crippen LogP contribution in [0.25, 0.3) is 0 Å². The molecule has 1 saturated heterocycles. The summed E-state index contributed by atoms with van der Waals surface area (Å²) in [4.78, 5) is 0. The fourth-order valence-corrected chi connectivity index (χ4v) is 7.20. The minimum atomic E-state index is -3.92. The second-order valence-electron chi connectivity index (χ2n) is 7.52. The summed E-state index contributed by atoms with van der Waals surface area (Å²) in [5.74, 6) is 2.08. The zero-order valence-electron chi connectivity index (χ0n) is 17.6. The third-order valence-corrected chi connectivity index (χ3v) is 9.34. The van der Waals surface area contributed by atoms with Gasteiger partial charge in [0.25, 0.3) is 10.0 Å². The highest BCUT2D eigenvalue weighted by Crippen LogP contribution is 2.42. The van der Waals surface area contributed by atoms with Gasteiger partial charge in [-0.15, -0.1) is 11.3 Å². The zero-order valence-corrected chi connectivity index (χ0v) is 20.1. The SMILES string of the molecule is CC[C@@H](Nc1nsnc1Nc1csc(S(=O)(=O)N2CCCC2CO)c1O)c1ccc(C)o1. The number of aromatic nitrogens is 2. The number of furan rings is 1. The molecule has 1 unspecified atom stereocenters. The van der Waals surface area contributed by atoms with E-state index < -0.39 is 16.1 Å². The largest absolute Gasteiger partial charge is 0.504 e. The molecule has 1 fully saturated rings. The Morgan fingerprint density at radius 2 is 2.12 bits per heavy atom. The summed E-state index contributed by atoms with van der Waals surface area (Å²) in [5, 5.41) is 28.0. The van der Waals surface area contributed by atoms with Crippen LogP contribution in [-0.4, -0.2) is 50.9 Å². The van der Waals surface area contributed by atoms with Crippen molar-refractivity contribution >= 4 is 50.4 Å². The predicted molar refractivity (Wildman–Crippen MR) is 123 cm³/mol. The molecule has 3 aromatic heterocycles. The van der Waals surface area contributed by atoms with Gasteiger partial charge in [0.15, 0.2) is 21.6 Å². The van der Waals surface area contributed by atoms with Crippen LogP contribution in [-0.2, 0) is 10.0 Å². The van der Waals surface area contributed by atoms with Crippen LogP contribution in [0.4, 0.5) is 17.3 Å². The van der Waals surface area contributed by atoms with Gasteiger partial charge in [-0.25, -0.2) is 8.42 Å². The normalized spacial score (nSPS) is 18.2. The third kappa shape index (κ3) is 4.35. The Morgan fingerprint density at radius 1 is 1.34 bits per heavy atom. The highest BCUT2D eigenvalue weighted by molar-refractivity contribution is 7.91. The smallest absolute Gasteiger partial charge is 0.256 e. The van der Waals surface area contributed by atoms with Crippen molar-refractivity contribution in [2.24, 2.45) is 0 Å². The maximum absolute atomic E-state index is 13.0. The van der Waals surface area contributed by atoms with Crippen molar-refractivity contribution in [2.75, 3.05) is 23.8 Å². The Hall–Kier alpha value is -2.19. The molecule has 1 aliphatic rings. The Morgan fingerprint density at radius 3 is 2.81 bits per heavy atom. The van der Waals surface area contributed by atoms with Gasteiger partial charge in [-0.1, -0.05) is 6.92 Å². The van der Waals surface area contributed by atoms with Crippen LogP contribution in [0.5, 0.6) is 5.75 Å². The molecule has 0 radical (unpaired) electrons. The zero-order chi connectivity index (χ0) is 22.9. The molecule has 4 heterocycles. The number of hydrogen-bond acceptors (Lipinski definition) is 11. The van der Waals surface area contributed by atoms with Crippen molar-refractivity contribution in [2.45, 2.75) is 49.4 Å². The quantitative estimate of drug-likeness (QED) is 0.347. The molecule has 4 rings (SSSR count). The van der Waals surface area contributed by atoms with Crippen molar-refractivity contribution in [3.8, 4) is 5.75 Å². The molecule has 2 atom stereocenters. The van der Waals surface area contributed by atoms with Crippen LogP contribution in [0.2, 0.25) is 0 Å². The fraction of sp³-hybridized carbons (Fsp3) is 0.474. The lowest BCUT2D eigenvalue weighted by molar-refractivity contribution is 0.213. The molecule has 0 bridgehead atoms. The first-order valence-electron chi connectivity index (χ1n) is 10.2. The summed E-state index contributed by atoms with van der Waals surface area (Å²) in [6, 6.07) is 3.22. The number of thiophene rings is 1. The van der Waals surface area contributed by atoms with Crippen molar-refractivity contribution in [1.82, 2.24) is 13.1 Å². The van der Waals surface area contributed by atoms with Crippen molar-refractivity contribution in [3.63, 3.8) is 0 Å². The first-order chi connectivity index (χ1) is 15.3. The van der Waals surface area contributed by atoms with Crippen LogP contribution >= 0.6 is 23.1 Å². The topological polar surface area (TPSA) is 141 Å². The lowest BCUT2D eigenvalue weighted by Crippen LogP contribution is -2.37. The average Bonchev–Trinajstić information content (AvgIpc) is 3.55. The van der Waals surface area contributed by atoms with E-state index >= 15 is 0 Å². The maximum Gasteiger partial charge on any atom is 0.256 e. The van der Waals surface area contributed by atoms with E-state index in [4.69, 9.17) is 4.42 Å². The van der Waals surface area contributed by atoms with E-state index in [0.717, 1.165) is 41.0 Å². The van der Waals surface area contributed by atoms with Crippen molar-refractivity contribution < 1.29 is 23.0 Å². The first-order valence-corrected chi connectivity index (χ1v) is 13.3. The minimum Gasteiger partial charge on any atom is -0.504 e. The summed E-state index contributed by atoms with van der Waals surface area (Å²) < 4.78 is 41.4. The monoisotopic (exact) mass is 499 g/mol. The second-order valence-corrected chi connectivity index (χ2v) is 11.0. The van der Waals surface area contributed by atoms with Gasteiger partial charge in [0, 0.05) is 18.0 Å². The van der Waals surface area contributed by atoms with Gasteiger partial charge >= 0.3 is 0 Å². The second kappa shape index (κ2) is 9.35. The molecule has 13 heteroatoms. The number of aliphatic hydroxyl groups is 1. The van der Waals surface area contributed by atoms with Gasteiger partial charge in [0.1, 0.15) is 11.5 Å². The van der Waals surface area contributed by atoms with Gasteiger partial charge in [-0.3, -0.25) is 0 Å². The lowest BCUT2D eigenvalue weighted by atomic mass is 10.2. The molecular weight excluding hydrogens is 474 g/mol.